The van der Waals surface area contributed by atoms with Crippen molar-refractivity contribution in [2.75, 3.05) is 6.54 Å². The van der Waals surface area contributed by atoms with Gasteiger partial charge in [-0.05, 0) is 43.7 Å². The number of aryl methyl sites for hydroxylation is 1. The van der Waals surface area contributed by atoms with Crippen LogP contribution in [-0.4, -0.2) is 22.2 Å². The summed E-state index contributed by atoms with van der Waals surface area (Å²) in [4.78, 5) is 12.5. The van der Waals surface area contributed by atoms with Crippen LogP contribution in [0.3, 0.4) is 0 Å². The van der Waals surface area contributed by atoms with E-state index in [4.69, 9.17) is 0 Å². The topological polar surface area (TPSA) is 46.9 Å². The van der Waals surface area contributed by atoms with E-state index >= 15 is 0 Å². The van der Waals surface area contributed by atoms with Gasteiger partial charge >= 0.3 is 0 Å². The van der Waals surface area contributed by atoms with Crippen molar-refractivity contribution < 1.29 is 9.18 Å². The van der Waals surface area contributed by atoms with Crippen LogP contribution in [0.1, 0.15) is 29.4 Å². The van der Waals surface area contributed by atoms with Gasteiger partial charge in [0.15, 0.2) is 0 Å². The molecule has 0 fully saturated rings. The van der Waals surface area contributed by atoms with Gasteiger partial charge < -0.3 is 5.32 Å². The number of carbonyl (C=O) groups is 1. The maximum atomic E-state index is 14.1. The van der Waals surface area contributed by atoms with E-state index < -0.39 is 0 Å². The first-order valence-electron chi connectivity index (χ1n) is 8.30. The number of benzene rings is 2. The maximum absolute atomic E-state index is 14.1. The largest absolute Gasteiger partial charge is 0.351 e. The number of carbonyl (C=O) groups excluding carboxylic acids is 1. The van der Waals surface area contributed by atoms with Gasteiger partial charge in [-0.25, -0.2) is 9.07 Å². The second kappa shape index (κ2) is 7.30. The quantitative estimate of drug-likeness (QED) is 0.761. The Morgan fingerprint density at radius 3 is 2.56 bits per heavy atom. The van der Waals surface area contributed by atoms with Crippen molar-refractivity contribution in [3.8, 4) is 16.9 Å². The number of hydrogen-bond acceptors (Lipinski definition) is 2. The molecule has 2 aromatic carbocycles. The summed E-state index contributed by atoms with van der Waals surface area (Å²) in [6, 6.07) is 15.7. The maximum Gasteiger partial charge on any atom is 0.270 e. The first-order valence-corrected chi connectivity index (χ1v) is 8.30. The summed E-state index contributed by atoms with van der Waals surface area (Å²) < 4.78 is 15.7. The Bertz CT molecular complexity index is 884. The third-order valence-electron chi connectivity index (χ3n) is 3.91. The second-order valence-electron chi connectivity index (χ2n) is 5.90. The highest BCUT2D eigenvalue weighted by molar-refractivity contribution is 5.94. The Labute approximate surface area is 146 Å². The molecule has 1 heterocycles. The van der Waals surface area contributed by atoms with Crippen LogP contribution in [0.25, 0.3) is 16.9 Å². The molecule has 0 saturated carbocycles. The molecule has 1 aromatic heterocycles. The van der Waals surface area contributed by atoms with Crippen LogP contribution in [0.2, 0.25) is 0 Å². The normalized spacial score (nSPS) is 10.7. The predicted molar refractivity (Wildman–Crippen MR) is 96.3 cm³/mol. The lowest BCUT2D eigenvalue weighted by Crippen LogP contribution is -2.26. The van der Waals surface area contributed by atoms with Gasteiger partial charge in [0.05, 0.1) is 11.4 Å². The number of hydrogen-bond donors (Lipinski definition) is 1. The number of rotatable bonds is 5. The molecule has 1 amide bonds. The first-order chi connectivity index (χ1) is 12.1. The van der Waals surface area contributed by atoms with E-state index in [1.54, 1.807) is 28.9 Å². The van der Waals surface area contributed by atoms with E-state index in [0.717, 1.165) is 17.7 Å². The summed E-state index contributed by atoms with van der Waals surface area (Å²) in [5.74, 6) is -0.589. The molecule has 0 bridgehead atoms. The highest BCUT2D eigenvalue weighted by Gasteiger charge is 2.18. The zero-order valence-electron chi connectivity index (χ0n) is 14.3. The van der Waals surface area contributed by atoms with Crippen molar-refractivity contribution in [2.24, 2.45) is 0 Å². The van der Waals surface area contributed by atoms with Crippen molar-refractivity contribution in [2.45, 2.75) is 20.3 Å². The summed E-state index contributed by atoms with van der Waals surface area (Å²) in [5.41, 5.74) is 3.06. The van der Waals surface area contributed by atoms with E-state index in [-0.39, 0.29) is 11.7 Å². The lowest BCUT2D eigenvalue weighted by molar-refractivity contribution is 0.0946. The van der Waals surface area contributed by atoms with Crippen molar-refractivity contribution >= 4 is 5.91 Å². The monoisotopic (exact) mass is 337 g/mol. The zero-order valence-corrected chi connectivity index (χ0v) is 14.3. The van der Waals surface area contributed by atoms with E-state index in [2.05, 4.69) is 10.4 Å². The Balaban J connectivity index is 2.09. The minimum Gasteiger partial charge on any atom is -0.351 e. The van der Waals surface area contributed by atoms with Gasteiger partial charge in [-0.1, -0.05) is 36.8 Å². The number of halogens is 1. The molecule has 0 aliphatic rings. The number of amides is 1. The Morgan fingerprint density at radius 2 is 1.88 bits per heavy atom. The van der Waals surface area contributed by atoms with Crippen LogP contribution in [-0.2, 0) is 0 Å². The SMILES string of the molecule is CCCNC(=O)c1cc(-c2ccccc2F)nn1-c1ccc(C)cc1. The fraction of sp³-hybridized carbons (Fsp3) is 0.200. The van der Waals surface area contributed by atoms with Crippen molar-refractivity contribution in [1.29, 1.82) is 0 Å². The molecule has 0 unspecified atom stereocenters. The molecule has 0 aliphatic carbocycles. The van der Waals surface area contributed by atoms with Gasteiger partial charge in [-0.2, -0.15) is 5.10 Å². The molecule has 1 N–H and O–H groups in total. The number of nitrogens with zero attached hydrogens (tertiary/aromatic N) is 2. The average Bonchev–Trinajstić information content (AvgIpc) is 3.06. The predicted octanol–water partition coefficient (Wildman–Crippen LogP) is 4.13. The Kier molecular flexibility index (Phi) is 4.93. The van der Waals surface area contributed by atoms with Gasteiger partial charge in [0.1, 0.15) is 11.5 Å². The van der Waals surface area contributed by atoms with Crippen molar-refractivity contribution in [1.82, 2.24) is 15.1 Å². The van der Waals surface area contributed by atoms with Gasteiger partial charge in [0, 0.05) is 12.1 Å². The average molecular weight is 337 g/mol. The minimum absolute atomic E-state index is 0.225. The Morgan fingerprint density at radius 1 is 1.16 bits per heavy atom. The molecule has 3 aromatic rings. The molecule has 0 saturated heterocycles. The molecule has 25 heavy (non-hydrogen) atoms. The lowest BCUT2D eigenvalue weighted by atomic mass is 10.1. The second-order valence-corrected chi connectivity index (χ2v) is 5.90. The minimum atomic E-state index is -0.364. The summed E-state index contributed by atoms with van der Waals surface area (Å²) >= 11 is 0. The van der Waals surface area contributed by atoms with Crippen LogP contribution in [0, 0.1) is 12.7 Å². The van der Waals surface area contributed by atoms with Gasteiger partial charge in [0.25, 0.3) is 5.91 Å². The molecule has 3 rings (SSSR count). The van der Waals surface area contributed by atoms with E-state index in [1.165, 1.54) is 6.07 Å². The smallest absolute Gasteiger partial charge is 0.270 e. The van der Waals surface area contributed by atoms with Crippen LogP contribution >= 0.6 is 0 Å². The van der Waals surface area contributed by atoms with Gasteiger partial charge in [-0.3, -0.25) is 4.79 Å². The number of aromatic nitrogens is 2. The lowest BCUT2D eigenvalue weighted by Gasteiger charge is -2.08. The van der Waals surface area contributed by atoms with E-state index in [1.807, 2.05) is 38.1 Å². The highest BCUT2D eigenvalue weighted by atomic mass is 19.1. The third kappa shape index (κ3) is 3.60. The van der Waals surface area contributed by atoms with Crippen LogP contribution in [0.5, 0.6) is 0 Å². The fourth-order valence-electron chi connectivity index (χ4n) is 2.56. The molecular formula is C20H20FN3O. The Hall–Kier alpha value is -2.95. The van der Waals surface area contributed by atoms with Crippen LogP contribution in [0.4, 0.5) is 4.39 Å². The molecular weight excluding hydrogens is 317 g/mol. The molecule has 4 nitrogen and oxygen atoms in total. The molecule has 0 aliphatic heterocycles. The van der Waals surface area contributed by atoms with E-state index in [0.29, 0.717) is 23.5 Å². The molecule has 0 atom stereocenters. The third-order valence-corrected chi connectivity index (χ3v) is 3.91. The summed E-state index contributed by atoms with van der Waals surface area (Å²) in [6.45, 7) is 4.56. The van der Waals surface area contributed by atoms with Gasteiger partial charge in [0.2, 0.25) is 0 Å². The van der Waals surface area contributed by atoms with E-state index in [9.17, 15) is 9.18 Å². The summed E-state index contributed by atoms with van der Waals surface area (Å²) in [7, 11) is 0. The summed E-state index contributed by atoms with van der Waals surface area (Å²) in [5, 5.41) is 7.34. The first kappa shape index (κ1) is 16.9. The van der Waals surface area contributed by atoms with Crippen LogP contribution < -0.4 is 5.32 Å². The summed E-state index contributed by atoms with van der Waals surface area (Å²) in [6.07, 6.45) is 0.838. The highest BCUT2D eigenvalue weighted by Crippen LogP contribution is 2.24. The van der Waals surface area contributed by atoms with Crippen molar-refractivity contribution in [3.63, 3.8) is 0 Å². The van der Waals surface area contributed by atoms with Crippen LogP contribution in [0.15, 0.2) is 54.6 Å². The fourth-order valence-corrected chi connectivity index (χ4v) is 2.56. The molecule has 0 spiro atoms. The molecule has 5 heteroatoms. The zero-order chi connectivity index (χ0) is 17.8. The molecule has 128 valence electrons. The number of nitrogens with one attached hydrogen (secondary N) is 1. The van der Waals surface area contributed by atoms with Crippen molar-refractivity contribution in [3.05, 3.63) is 71.7 Å². The standard InChI is InChI=1S/C20H20FN3O/c1-3-12-22-20(25)19-13-18(16-6-4-5-7-17(16)21)23-24(19)15-10-8-14(2)9-11-15/h4-11,13H,3,12H2,1-2H3,(H,22,25). The molecule has 0 radical (unpaired) electrons. The van der Waals surface area contributed by atoms with Gasteiger partial charge in [-0.15, -0.1) is 0 Å².